The lowest BCUT2D eigenvalue weighted by molar-refractivity contribution is -0.0304. The zero-order chi connectivity index (χ0) is 16.8. The Morgan fingerprint density at radius 1 is 1.33 bits per heavy atom. The lowest BCUT2D eigenvalue weighted by Gasteiger charge is -2.32. The highest BCUT2D eigenvalue weighted by Crippen LogP contribution is 2.27. The summed E-state index contributed by atoms with van der Waals surface area (Å²) in [4.78, 5) is 27.4. The molecule has 2 aliphatic heterocycles. The zero-order valence-electron chi connectivity index (χ0n) is 13.2. The molecular formula is C16H17ClN4O3. The summed E-state index contributed by atoms with van der Waals surface area (Å²) < 4.78 is 7.51. The van der Waals surface area contributed by atoms with E-state index in [1.165, 1.54) is 6.07 Å². The van der Waals surface area contributed by atoms with Crippen LogP contribution in [0.5, 0.6) is 0 Å². The predicted octanol–water partition coefficient (Wildman–Crippen LogP) is 1.47. The SMILES string of the molecule is CCn1cc(C(=O)N2CC3CCC(C2)O3)c(=O)c2cc(Cl)nnc21. The van der Waals surface area contributed by atoms with Crippen LogP contribution < -0.4 is 5.43 Å². The van der Waals surface area contributed by atoms with Gasteiger partial charge in [-0.1, -0.05) is 11.6 Å². The lowest BCUT2D eigenvalue weighted by atomic mass is 10.1. The van der Waals surface area contributed by atoms with Crippen LogP contribution in [0.15, 0.2) is 17.1 Å². The minimum absolute atomic E-state index is 0.0851. The van der Waals surface area contributed by atoms with Crippen LogP contribution in [0.1, 0.15) is 30.1 Å². The third-order valence-electron chi connectivity index (χ3n) is 4.69. The molecule has 7 nitrogen and oxygen atoms in total. The van der Waals surface area contributed by atoms with Gasteiger partial charge in [0.15, 0.2) is 10.8 Å². The molecule has 0 saturated carbocycles. The number of hydrogen-bond acceptors (Lipinski definition) is 5. The van der Waals surface area contributed by atoms with Crippen molar-refractivity contribution in [2.24, 2.45) is 0 Å². The number of halogens is 1. The first-order valence-corrected chi connectivity index (χ1v) is 8.45. The molecule has 2 aromatic rings. The van der Waals surface area contributed by atoms with Crippen molar-refractivity contribution in [3.8, 4) is 0 Å². The zero-order valence-corrected chi connectivity index (χ0v) is 14.0. The van der Waals surface area contributed by atoms with E-state index in [1.807, 2.05) is 6.92 Å². The molecule has 2 saturated heterocycles. The highest BCUT2D eigenvalue weighted by molar-refractivity contribution is 6.29. The van der Waals surface area contributed by atoms with E-state index in [0.717, 1.165) is 12.8 Å². The van der Waals surface area contributed by atoms with Gasteiger partial charge in [0.05, 0.1) is 17.6 Å². The van der Waals surface area contributed by atoms with Crippen LogP contribution in [0, 0.1) is 0 Å². The first-order valence-electron chi connectivity index (χ1n) is 8.08. The Morgan fingerprint density at radius 3 is 2.71 bits per heavy atom. The fourth-order valence-electron chi connectivity index (χ4n) is 3.51. The number of nitrogens with zero attached hydrogens (tertiary/aromatic N) is 4. The number of carbonyl (C=O) groups is 1. The average Bonchev–Trinajstić information content (AvgIpc) is 2.93. The number of hydrogen-bond donors (Lipinski definition) is 0. The van der Waals surface area contributed by atoms with Gasteiger partial charge in [0.1, 0.15) is 5.56 Å². The van der Waals surface area contributed by atoms with E-state index in [1.54, 1.807) is 15.7 Å². The minimum atomic E-state index is -0.352. The van der Waals surface area contributed by atoms with Crippen molar-refractivity contribution in [1.82, 2.24) is 19.7 Å². The number of fused-ring (bicyclic) bond motifs is 3. The molecule has 0 radical (unpaired) electrons. The van der Waals surface area contributed by atoms with Gasteiger partial charge in [0, 0.05) is 25.8 Å². The summed E-state index contributed by atoms with van der Waals surface area (Å²) in [6.07, 6.45) is 3.68. The molecule has 0 spiro atoms. The predicted molar refractivity (Wildman–Crippen MR) is 88.3 cm³/mol. The molecule has 1 amide bonds. The average molecular weight is 349 g/mol. The molecule has 2 unspecified atom stereocenters. The minimum Gasteiger partial charge on any atom is -0.371 e. The Morgan fingerprint density at radius 2 is 2.04 bits per heavy atom. The highest BCUT2D eigenvalue weighted by atomic mass is 35.5. The lowest BCUT2D eigenvalue weighted by Crippen LogP contribution is -2.47. The van der Waals surface area contributed by atoms with E-state index in [2.05, 4.69) is 10.2 Å². The number of ether oxygens (including phenoxy) is 1. The molecule has 2 aliphatic rings. The fraction of sp³-hybridized carbons (Fsp3) is 0.500. The van der Waals surface area contributed by atoms with Crippen molar-refractivity contribution in [2.45, 2.75) is 38.5 Å². The van der Waals surface area contributed by atoms with Gasteiger partial charge in [-0.25, -0.2) is 0 Å². The number of carbonyl (C=O) groups excluding carboxylic acids is 1. The largest absolute Gasteiger partial charge is 0.371 e. The van der Waals surface area contributed by atoms with Gasteiger partial charge in [0.2, 0.25) is 5.43 Å². The van der Waals surface area contributed by atoms with Gasteiger partial charge in [0.25, 0.3) is 5.91 Å². The molecule has 24 heavy (non-hydrogen) atoms. The van der Waals surface area contributed by atoms with Crippen molar-refractivity contribution in [3.63, 3.8) is 0 Å². The molecule has 4 heterocycles. The number of amides is 1. The summed E-state index contributed by atoms with van der Waals surface area (Å²) in [5.74, 6) is -0.253. The second kappa shape index (κ2) is 5.82. The summed E-state index contributed by atoms with van der Waals surface area (Å²) in [6, 6.07) is 1.47. The molecule has 0 aromatic carbocycles. The normalized spacial score (nSPS) is 23.0. The summed E-state index contributed by atoms with van der Waals surface area (Å²) in [6.45, 7) is 3.56. The molecule has 0 N–H and O–H groups in total. The molecule has 126 valence electrons. The van der Waals surface area contributed by atoms with Crippen LogP contribution in [0.4, 0.5) is 0 Å². The van der Waals surface area contributed by atoms with Crippen LogP contribution in [-0.2, 0) is 11.3 Å². The maximum absolute atomic E-state index is 12.9. The molecule has 0 aliphatic carbocycles. The summed E-state index contributed by atoms with van der Waals surface area (Å²) in [5.41, 5.74) is 0.232. The monoisotopic (exact) mass is 348 g/mol. The molecule has 2 aromatic heterocycles. The summed E-state index contributed by atoms with van der Waals surface area (Å²) >= 11 is 5.88. The number of aromatic nitrogens is 3. The van der Waals surface area contributed by atoms with Crippen molar-refractivity contribution < 1.29 is 9.53 Å². The van der Waals surface area contributed by atoms with Gasteiger partial charge in [-0.05, 0) is 25.8 Å². The third-order valence-corrected chi connectivity index (χ3v) is 4.88. The first-order chi connectivity index (χ1) is 11.6. The molecule has 2 atom stereocenters. The van der Waals surface area contributed by atoms with Gasteiger partial charge in [-0.3, -0.25) is 9.59 Å². The number of rotatable bonds is 2. The smallest absolute Gasteiger partial charge is 0.259 e. The Bertz CT molecular complexity index is 869. The summed E-state index contributed by atoms with van der Waals surface area (Å²) in [5, 5.41) is 8.24. The number of pyridine rings is 1. The Kier molecular flexibility index (Phi) is 3.77. The first kappa shape index (κ1) is 15.5. The van der Waals surface area contributed by atoms with Gasteiger partial charge in [-0.15, -0.1) is 10.2 Å². The maximum atomic E-state index is 12.9. The number of morpholine rings is 1. The van der Waals surface area contributed by atoms with E-state index >= 15 is 0 Å². The second-order valence-electron chi connectivity index (χ2n) is 6.23. The quantitative estimate of drug-likeness (QED) is 0.821. The van der Waals surface area contributed by atoms with E-state index < -0.39 is 0 Å². The highest BCUT2D eigenvalue weighted by Gasteiger charge is 2.36. The van der Waals surface area contributed by atoms with Gasteiger partial charge < -0.3 is 14.2 Å². The van der Waals surface area contributed by atoms with E-state index in [-0.39, 0.29) is 34.3 Å². The number of likely N-dealkylation sites (tertiary alicyclic amines) is 1. The van der Waals surface area contributed by atoms with Crippen molar-refractivity contribution >= 4 is 28.5 Å². The van der Waals surface area contributed by atoms with E-state index in [0.29, 0.717) is 30.7 Å². The van der Waals surface area contributed by atoms with Crippen molar-refractivity contribution in [3.05, 3.63) is 33.2 Å². The van der Waals surface area contributed by atoms with Crippen LogP contribution in [0.25, 0.3) is 11.0 Å². The van der Waals surface area contributed by atoms with Gasteiger partial charge >= 0.3 is 0 Å². The Hall–Kier alpha value is -1.99. The molecule has 2 fully saturated rings. The van der Waals surface area contributed by atoms with E-state index in [4.69, 9.17) is 16.3 Å². The van der Waals surface area contributed by atoms with Crippen LogP contribution in [0.3, 0.4) is 0 Å². The standard InChI is InChI=1S/C16H17ClN4O3/c1-2-20-8-12(14(22)11-5-13(17)18-19-15(11)20)16(23)21-6-9-3-4-10(7-21)24-9/h5,8-10H,2-4,6-7H2,1H3. The topological polar surface area (TPSA) is 77.3 Å². The van der Waals surface area contributed by atoms with Crippen molar-refractivity contribution in [2.75, 3.05) is 13.1 Å². The Labute approximate surface area is 143 Å². The van der Waals surface area contributed by atoms with Crippen molar-refractivity contribution in [1.29, 1.82) is 0 Å². The molecule has 2 bridgehead atoms. The summed E-state index contributed by atoms with van der Waals surface area (Å²) in [7, 11) is 0. The van der Waals surface area contributed by atoms with Gasteiger partial charge in [-0.2, -0.15) is 0 Å². The Balaban J connectivity index is 1.80. The maximum Gasteiger partial charge on any atom is 0.259 e. The molecular weight excluding hydrogens is 332 g/mol. The molecule has 8 heteroatoms. The number of aryl methyl sites for hydroxylation is 1. The molecule has 4 rings (SSSR count). The van der Waals surface area contributed by atoms with E-state index in [9.17, 15) is 9.59 Å². The second-order valence-corrected chi connectivity index (χ2v) is 6.62. The van der Waals surface area contributed by atoms with Crippen LogP contribution in [0.2, 0.25) is 5.15 Å². The fourth-order valence-corrected chi connectivity index (χ4v) is 3.65. The van der Waals surface area contributed by atoms with Crippen LogP contribution >= 0.6 is 11.6 Å². The third kappa shape index (κ3) is 2.48. The van der Waals surface area contributed by atoms with Crippen LogP contribution in [-0.4, -0.2) is 50.9 Å².